The van der Waals surface area contributed by atoms with Gasteiger partial charge in [-0.1, -0.05) is 18.2 Å². The Morgan fingerprint density at radius 2 is 1.94 bits per heavy atom. The van der Waals surface area contributed by atoms with Gasteiger partial charge in [-0.2, -0.15) is 0 Å². The van der Waals surface area contributed by atoms with Crippen molar-refractivity contribution in [2.45, 2.75) is 57.7 Å². The number of aryl methyl sites for hydroxylation is 1. The minimum absolute atomic E-state index is 0.0211. The topological polar surface area (TPSA) is 75.4 Å². The molecule has 2 aliphatic carbocycles. The summed E-state index contributed by atoms with van der Waals surface area (Å²) in [5.74, 6) is 1.31. The summed E-state index contributed by atoms with van der Waals surface area (Å²) in [5.41, 5.74) is 2.39. The van der Waals surface area contributed by atoms with E-state index in [1.54, 1.807) is 11.3 Å². The van der Waals surface area contributed by atoms with Gasteiger partial charge in [-0.15, -0.1) is 11.3 Å². The summed E-state index contributed by atoms with van der Waals surface area (Å²) in [6, 6.07) is 12.1. The number of carbonyl (C=O) groups is 2. The summed E-state index contributed by atoms with van der Waals surface area (Å²) in [4.78, 5) is 32.8. The maximum atomic E-state index is 13.1. The van der Waals surface area contributed by atoms with E-state index in [9.17, 15) is 9.59 Å². The van der Waals surface area contributed by atoms with Crippen molar-refractivity contribution in [1.82, 2.24) is 15.2 Å². The summed E-state index contributed by atoms with van der Waals surface area (Å²) < 4.78 is 5.79. The molecule has 0 aliphatic heterocycles. The van der Waals surface area contributed by atoms with Crippen molar-refractivity contribution in [3.05, 3.63) is 64.4 Å². The van der Waals surface area contributed by atoms with Gasteiger partial charge in [-0.05, 0) is 61.7 Å². The fourth-order valence-corrected chi connectivity index (χ4v) is 4.25. The van der Waals surface area contributed by atoms with Gasteiger partial charge in [0.05, 0.1) is 17.0 Å². The van der Waals surface area contributed by atoms with Crippen LogP contribution in [0, 0.1) is 6.92 Å². The highest BCUT2D eigenvalue weighted by atomic mass is 32.1. The zero-order valence-corrected chi connectivity index (χ0v) is 18.3. The lowest BCUT2D eigenvalue weighted by Gasteiger charge is -2.22. The lowest BCUT2D eigenvalue weighted by atomic mass is 10.1. The van der Waals surface area contributed by atoms with E-state index in [0.717, 1.165) is 36.1 Å². The first kappa shape index (κ1) is 20.0. The van der Waals surface area contributed by atoms with Crippen LogP contribution in [0.25, 0.3) is 10.8 Å². The van der Waals surface area contributed by atoms with E-state index in [4.69, 9.17) is 4.42 Å². The Hall–Kier alpha value is -2.93. The van der Waals surface area contributed by atoms with Crippen molar-refractivity contribution in [3.8, 4) is 10.8 Å². The highest BCUT2D eigenvalue weighted by Gasteiger charge is 2.33. The predicted octanol–water partition coefficient (Wildman–Crippen LogP) is 4.34. The molecule has 2 saturated carbocycles. The zero-order chi connectivity index (χ0) is 21.4. The monoisotopic (exact) mass is 435 g/mol. The van der Waals surface area contributed by atoms with E-state index in [1.807, 2.05) is 53.6 Å². The van der Waals surface area contributed by atoms with Gasteiger partial charge < -0.3 is 14.6 Å². The lowest BCUT2D eigenvalue weighted by Crippen LogP contribution is -2.34. The number of hydrogen-bond acceptors (Lipinski definition) is 5. The van der Waals surface area contributed by atoms with Crippen LogP contribution < -0.4 is 5.32 Å². The van der Waals surface area contributed by atoms with Gasteiger partial charge in [-0.3, -0.25) is 9.59 Å². The number of amides is 2. The van der Waals surface area contributed by atoms with Crippen molar-refractivity contribution in [3.63, 3.8) is 0 Å². The van der Waals surface area contributed by atoms with E-state index < -0.39 is 0 Å². The highest BCUT2D eigenvalue weighted by molar-refractivity contribution is 7.13. The Morgan fingerprint density at radius 1 is 1.16 bits per heavy atom. The molecule has 0 radical (unpaired) electrons. The van der Waals surface area contributed by atoms with Gasteiger partial charge >= 0.3 is 0 Å². The molecule has 0 spiro atoms. The molecule has 7 heteroatoms. The summed E-state index contributed by atoms with van der Waals surface area (Å²) in [6.07, 6.45) is 4.45. The second-order valence-electron chi connectivity index (χ2n) is 8.37. The third-order valence-electron chi connectivity index (χ3n) is 5.73. The van der Waals surface area contributed by atoms with E-state index >= 15 is 0 Å². The quantitative estimate of drug-likeness (QED) is 0.571. The maximum absolute atomic E-state index is 13.1. The van der Waals surface area contributed by atoms with Gasteiger partial charge in [0.25, 0.3) is 5.91 Å². The molecule has 0 atom stereocenters. The normalized spacial score (nSPS) is 15.6. The standard InChI is InChI=1S/C24H25N3O3S/c1-15-20(26-24(30-15)21-3-2-12-31-21)13-22(28)27(19-10-11-19)14-16-4-6-17(7-5-16)23(29)25-18-8-9-18/h2-7,12,18-19H,8-11,13-14H2,1H3,(H,25,29). The Labute approximate surface area is 185 Å². The molecule has 1 N–H and O–H groups in total. The van der Waals surface area contributed by atoms with Crippen molar-refractivity contribution < 1.29 is 14.0 Å². The third kappa shape index (κ3) is 4.71. The number of thiophene rings is 1. The largest absolute Gasteiger partial charge is 0.440 e. The first-order chi connectivity index (χ1) is 15.1. The third-order valence-corrected chi connectivity index (χ3v) is 6.59. The predicted molar refractivity (Wildman–Crippen MR) is 119 cm³/mol. The molecular weight excluding hydrogens is 410 g/mol. The highest BCUT2D eigenvalue weighted by Crippen LogP contribution is 2.30. The van der Waals surface area contributed by atoms with Gasteiger partial charge in [0.15, 0.2) is 0 Å². The molecule has 2 heterocycles. The van der Waals surface area contributed by atoms with Crippen molar-refractivity contribution in [1.29, 1.82) is 0 Å². The molecule has 160 valence electrons. The van der Waals surface area contributed by atoms with Gasteiger partial charge in [0.2, 0.25) is 11.8 Å². The van der Waals surface area contributed by atoms with E-state index in [1.165, 1.54) is 0 Å². The molecule has 2 aromatic heterocycles. The average molecular weight is 436 g/mol. The fourth-order valence-electron chi connectivity index (χ4n) is 3.60. The van der Waals surface area contributed by atoms with Crippen LogP contribution >= 0.6 is 11.3 Å². The number of benzene rings is 1. The maximum Gasteiger partial charge on any atom is 0.251 e. The molecule has 6 nitrogen and oxygen atoms in total. The number of hydrogen-bond donors (Lipinski definition) is 1. The summed E-state index contributed by atoms with van der Waals surface area (Å²) in [5, 5.41) is 4.98. The fraction of sp³-hybridized carbons (Fsp3) is 0.375. The van der Waals surface area contributed by atoms with Crippen LogP contribution in [-0.2, 0) is 17.8 Å². The Balaban J connectivity index is 1.25. The number of carbonyl (C=O) groups excluding carboxylic acids is 2. The molecule has 2 fully saturated rings. The van der Waals surface area contributed by atoms with Crippen LogP contribution in [0.3, 0.4) is 0 Å². The van der Waals surface area contributed by atoms with Gasteiger partial charge in [-0.25, -0.2) is 4.98 Å². The van der Waals surface area contributed by atoms with Crippen molar-refractivity contribution in [2.24, 2.45) is 0 Å². The van der Waals surface area contributed by atoms with Crippen molar-refractivity contribution in [2.75, 3.05) is 0 Å². The molecule has 5 rings (SSSR count). The molecule has 0 saturated heterocycles. The number of oxazole rings is 1. The molecule has 3 aromatic rings. The molecule has 2 aliphatic rings. The zero-order valence-electron chi connectivity index (χ0n) is 17.5. The second kappa shape index (κ2) is 8.30. The van der Waals surface area contributed by atoms with E-state index in [2.05, 4.69) is 10.3 Å². The summed E-state index contributed by atoms with van der Waals surface area (Å²) in [6.45, 7) is 2.41. The molecule has 0 bridgehead atoms. The second-order valence-corrected chi connectivity index (χ2v) is 9.32. The first-order valence-electron chi connectivity index (χ1n) is 10.8. The minimum Gasteiger partial charge on any atom is -0.440 e. The minimum atomic E-state index is -0.0211. The summed E-state index contributed by atoms with van der Waals surface area (Å²) in [7, 11) is 0. The van der Waals surface area contributed by atoms with Crippen molar-refractivity contribution >= 4 is 23.2 Å². The Kier molecular flexibility index (Phi) is 5.36. The molecule has 1 aromatic carbocycles. The van der Waals surface area contributed by atoms with Crippen LogP contribution in [0.4, 0.5) is 0 Å². The SMILES string of the molecule is Cc1oc(-c2cccs2)nc1CC(=O)N(Cc1ccc(C(=O)NC2CC2)cc1)C1CC1. The average Bonchev–Trinajstić information content (AvgIpc) is 3.68. The van der Waals surface area contributed by atoms with Gasteiger partial charge in [0, 0.05) is 24.2 Å². The number of nitrogens with zero attached hydrogens (tertiary/aromatic N) is 2. The molecular formula is C24H25N3O3S. The molecule has 0 unspecified atom stereocenters. The lowest BCUT2D eigenvalue weighted by molar-refractivity contribution is -0.131. The first-order valence-corrected chi connectivity index (χ1v) is 11.6. The number of nitrogens with one attached hydrogen (secondary N) is 1. The van der Waals surface area contributed by atoms with Crippen LogP contribution in [-0.4, -0.2) is 33.8 Å². The van der Waals surface area contributed by atoms with Crippen LogP contribution in [0.1, 0.15) is 53.1 Å². The summed E-state index contributed by atoms with van der Waals surface area (Å²) >= 11 is 1.57. The Bertz CT molecular complexity index is 1080. The number of aromatic nitrogens is 1. The van der Waals surface area contributed by atoms with Crippen LogP contribution in [0.15, 0.2) is 46.2 Å². The van der Waals surface area contributed by atoms with Crippen LogP contribution in [0.5, 0.6) is 0 Å². The van der Waals surface area contributed by atoms with E-state index in [0.29, 0.717) is 35.5 Å². The Morgan fingerprint density at radius 3 is 2.58 bits per heavy atom. The molecule has 31 heavy (non-hydrogen) atoms. The van der Waals surface area contributed by atoms with Crippen LogP contribution in [0.2, 0.25) is 0 Å². The van der Waals surface area contributed by atoms with Gasteiger partial charge in [0.1, 0.15) is 5.76 Å². The molecule has 2 amide bonds. The van der Waals surface area contributed by atoms with E-state index in [-0.39, 0.29) is 24.3 Å². The number of rotatable bonds is 8. The smallest absolute Gasteiger partial charge is 0.251 e.